The van der Waals surface area contributed by atoms with Crippen molar-refractivity contribution in [2.75, 3.05) is 31.6 Å². The molecule has 3 aromatic rings. The quantitative estimate of drug-likeness (QED) is 0.274. The summed E-state index contributed by atoms with van der Waals surface area (Å²) in [6.45, 7) is 3.88. The van der Waals surface area contributed by atoms with Crippen molar-refractivity contribution in [3.63, 3.8) is 0 Å². The minimum Gasteiger partial charge on any atom is -0.469 e. The number of anilines is 1. The molecular formula is C31H33Cl2N3O4. The molecule has 2 saturated carbocycles. The largest absolute Gasteiger partial charge is 0.469 e. The topological polar surface area (TPSA) is 68.0 Å². The number of fused-ring (bicyclic) bond motifs is 2. The van der Waals surface area contributed by atoms with Gasteiger partial charge in [0.1, 0.15) is 11.5 Å². The Labute approximate surface area is 244 Å². The van der Waals surface area contributed by atoms with E-state index >= 15 is 0 Å². The molecule has 0 amide bonds. The minimum absolute atomic E-state index is 0.0187. The monoisotopic (exact) mass is 581 g/mol. The molecule has 3 heterocycles. The van der Waals surface area contributed by atoms with Crippen LogP contribution in [0.4, 0.5) is 5.69 Å². The van der Waals surface area contributed by atoms with Gasteiger partial charge < -0.3 is 18.9 Å². The van der Waals surface area contributed by atoms with E-state index in [1.807, 2.05) is 18.2 Å². The first-order chi connectivity index (χ1) is 19.5. The highest BCUT2D eigenvalue weighted by atomic mass is 35.5. The highest BCUT2D eigenvalue weighted by molar-refractivity contribution is 6.39. The molecule has 210 valence electrons. The van der Waals surface area contributed by atoms with Crippen LogP contribution in [0.3, 0.4) is 0 Å². The van der Waals surface area contributed by atoms with Crippen molar-refractivity contribution >= 4 is 34.9 Å². The summed E-state index contributed by atoms with van der Waals surface area (Å²) in [7, 11) is 1.46. The van der Waals surface area contributed by atoms with Crippen molar-refractivity contribution in [1.29, 1.82) is 0 Å². The number of esters is 1. The summed E-state index contributed by atoms with van der Waals surface area (Å²) < 4.78 is 17.3. The molecule has 40 heavy (non-hydrogen) atoms. The van der Waals surface area contributed by atoms with Crippen LogP contribution in [0.2, 0.25) is 10.0 Å². The lowest BCUT2D eigenvalue weighted by Crippen LogP contribution is -2.49. The van der Waals surface area contributed by atoms with Crippen LogP contribution in [0, 0.1) is 11.8 Å². The van der Waals surface area contributed by atoms with Gasteiger partial charge in [-0.1, -0.05) is 46.6 Å². The summed E-state index contributed by atoms with van der Waals surface area (Å²) in [5.41, 5.74) is 4.97. The number of halogens is 2. The Kier molecular flexibility index (Phi) is 7.03. The number of carbonyl (C=O) groups is 1. The molecule has 2 aromatic carbocycles. The van der Waals surface area contributed by atoms with Crippen molar-refractivity contribution in [2.45, 2.75) is 56.9 Å². The van der Waals surface area contributed by atoms with E-state index in [0.717, 1.165) is 68.7 Å². The zero-order valence-electron chi connectivity index (χ0n) is 22.5. The van der Waals surface area contributed by atoms with Crippen LogP contribution >= 0.6 is 23.2 Å². The maximum Gasteiger partial charge on any atom is 0.311 e. The van der Waals surface area contributed by atoms with E-state index in [0.29, 0.717) is 40.2 Å². The zero-order chi connectivity index (χ0) is 27.4. The first kappa shape index (κ1) is 26.3. The zero-order valence-corrected chi connectivity index (χ0v) is 24.0. The Morgan fingerprint density at radius 1 is 1.05 bits per heavy atom. The Morgan fingerprint density at radius 2 is 1.80 bits per heavy atom. The number of ether oxygens (including phenoxy) is 2. The number of likely N-dealkylation sites (tertiary alicyclic amines) is 1. The Bertz CT molecular complexity index is 1380. The van der Waals surface area contributed by atoms with Crippen LogP contribution in [0.15, 0.2) is 47.0 Å². The number of hydrogen-bond acceptors (Lipinski definition) is 7. The van der Waals surface area contributed by atoms with E-state index in [4.69, 9.17) is 37.2 Å². The molecule has 0 radical (unpaired) electrons. The van der Waals surface area contributed by atoms with Gasteiger partial charge >= 0.3 is 5.97 Å². The molecule has 4 fully saturated rings. The third-order valence-electron chi connectivity index (χ3n) is 9.05. The minimum atomic E-state index is -0.104. The summed E-state index contributed by atoms with van der Waals surface area (Å²) in [5, 5.41) is 5.55. The lowest BCUT2D eigenvalue weighted by molar-refractivity contribution is -0.151. The third kappa shape index (κ3) is 4.91. The van der Waals surface area contributed by atoms with E-state index in [1.54, 1.807) is 0 Å². The molecule has 0 spiro atoms. The van der Waals surface area contributed by atoms with Crippen LogP contribution in [-0.4, -0.2) is 54.9 Å². The van der Waals surface area contributed by atoms with Gasteiger partial charge in [-0.05, 0) is 55.5 Å². The van der Waals surface area contributed by atoms with Gasteiger partial charge in [0, 0.05) is 60.9 Å². The molecule has 9 heteroatoms. The fraction of sp³-hybridized carbons (Fsp3) is 0.484. The maximum atomic E-state index is 11.6. The van der Waals surface area contributed by atoms with E-state index in [9.17, 15) is 4.79 Å². The van der Waals surface area contributed by atoms with E-state index in [-0.39, 0.29) is 18.0 Å². The average Bonchev–Trinajstić information content (AvgIpc) is 3.39. The van der Waals surface area contributed by atoms with Gasteiger partial charge in [0.25, 0.3) is 0 Å². The van der Waals surface area contributed by atoms with Gasteiger partial charge in [-0.2, -0.15) is 0 Å². The summed E-state index contributed by atoms with van der Waals surface area (Å²) in [6.07, 6.45) is 4.61. The Balaban J connectivity index is 0.973. The fourth-order valence-electron chi connectivity index (χ4n) is 6.73. The lowest BCUT2D eigenvalue weighted by Gasteiger charge is -2.37. The molecule has 1 aromatic heterocycles. The smallest absolute Gasteiger partial charge is 0.311 e. The maximum absolute atomic E-state index is 11.6. The van der Waals surface area contributed by atoms with Crippen LogP contribution in [0.1, 0.15) is 48.5 Å². The molecule has 3 atom stereocenters. The lowest BCUT2D eigenvalue weighted by atomic mass is 9.99. The second-order valence-electron chi connectivity index (χ2n) is 11.7. The molecule has 7 rings (SSSR count). The molecule has 4 aliphatic rings. The number of nitrogens with zero attached hydrogens (tertiary/aromatic N) is 3. The number of methoxy groups -OCH3 is 1. The van der Waals surface area contributed by atoms with E-state index in [2.05, 4.69) is 39.2 Å². The second-order valence-corrected chi connectivity index (χ2v) is 12.5. The fourth-order valence-corrected chi connectivity index (χ4v) is 7.31. The molecule has 0 unspecified atom stereocenters. The summed E-state index contributed by atoms with van der Waals surface area (Å²) in [6, 6.07) is 14.9. The van der Waals surface area contributed by atoms with Crippen molar-refractivity contribution in [3.05, 3.63) is 69.4 Å². The van der Waals surface area contributed by atoms with Gasteiger partial charge in [-0.25, -0.2) is 0 Å². The standard InChI is InChI=1S/C31H33Cl2N3O4/c1-38-31(37)21-14-35(15-21)13-18-5-9-22(10-6-18)36-16-20-11-23(36)12-27(20)39-17-24-29(34-40-30(24)19-7-8-19)28-25(32)3-2-4-26(28)33/h2-6,9-10,19-21,23,27H,7-8,11-17H2,1H3/t20-,23-,27+/m0/s1. The molecule has 2 bridgehead atoms. The van der Waals surface area contributed by atoms with Crippen LogP contribution in [0.25, 0.3) is 11.3 Å². The van der Waals surface area contributed by atoms with Gasteiger partial charge in [-0.3, -0.25) is 9.69 Å². The molecule has 2 aliphatic carbocycles. The Morgan fingerprint density at radius 3 is 2.45 bits per heavy atom. The number of benzene rings is 2. The summed E-state index contributed by atoms with van der Waals surface area (Å²) in [5.74, 6) is 1.75. The van der Waals surface area contributed by atoms with Gasteiger partial charge in [0.15, 0.2) is 0 Å². The third-order valence-corrected chi connectivity index (χ3v) is 9.68. The van der Waals surface area contributed by atoms with Crippen LogP contribution in [0.5, 0.6) is 0 Å². The molecule has 2 saturated heterocycles. The predicted octanol–water partition coefficient (Wildman–Crippen LogP) is 6.31. The Hall–Kier alpha value is -2.58. The van der Waals surface area contributed by atoms with Gasteiger partial charge in [0.05, 0.1) is 35.8 Å². The number of rotatable bonds is 9. The van der Waals surface area contributed by atoms with E-state index < -0.39 is 0 Å². The van der Waals surface area contributed by atoms with E-state index in [1.165, 1.54) is 18.4 Å². The number of aromatic nitrogens is 1. The van der Waals surface area contributed by atoms with Crippen molar-refractivity contribution < 1.29 is 18.8 Å². The van der Waals surface area contributed by atoms with Crippen molar-refractivity contribution in [3.8, 4) is 11.3 Å². The van der Waals surface area contributed by atoms with Gasteiger partial charge in [0.2, 0.25) is 0 Å². The molecular weight excluding hydrogens is 549 g/mol. The highest BCUT2D eigenvalue weighted by Crippen LogP contribution is 2.47. The highest BCUT2D eigenvalue weighted by Gasteiger charge is 2.46. The predicted molar refractivity (Wildman–Crippen MR) is 154 cm³/mol. The van der Waals surface area contributed by atoms with Crippen LogP contribution < -0.4 is 4.90 Å². The SMILES string of the molecule is COC(=O)C1CN(Cc2ccc(N3C[C@@H]4C[C@H]3C[C@H]4OCc3c(-c4c(Cl)cccc4Cl)noc3C3CC3)cc2)C1. The molecule has 0 N–H and O–H groups in total. The van der Waals surface area contributed by atoms with Crippen molar-refractivity contribution in [2.24, 2.45) is 11.8 Å². The summed E-state index contributed by atoms with van der Waals surface area (Å²) >= 11 is 13.1. The average molecular weight is 583 g/mol. The molecule has 2 aliphatic heterocycles. The van der Waals surface area contributed by atoms with Gasteiger partial charge in [-0.15, -0.1) is 0 Å². The second kappa shape index (κ2) is 10.7. The van der Waals surface area contributed by atoms with Crippen LogP contribution in [-0.2, 0) is 27.4 Å². The van der Waals surface area contributed by atoms with Crippen molar-refractivity contribution in [1.82, 2.24) is 10.1 Å². The first-order valence-corrected chi connectivity index (χ1v) is 14.9. The summed E-state index contributed by atoms with van der Waals surface area (Å²) in [4.78, 5) is 16.5. The number of carbonyl (C=O) groups excluding carboxylic acids is 1. The normalized spacial score (nSPS) is 24.5. The molecule has 7 nitrogen and oxygen atoms in total. The number of hydrogen-bond donors (Lipinski definition) is 0. The number of piperidine rings is 1. The first-order valence-electron chi connectivity index (χ1n) is 14.2.